The van der Waals surface area contributed by atoms with Crippen molar-refractivity contribution >= 4 is 11.6 Å². The van der Waals surface area contributed by atoms with Gasteiger partial charge in [-0.15, -0.1) is 0 Å². The molecule has 0 radical (unpaired) electrons. The second-order valence-electron chi connectivity index (χ2n) is 5.97. The summed E-state index contributed by atoms with van der Waals surface area (Å²) < 4.78 is 5.92. The summed E-state index contributed by atoms with van der Waals surface area (Å²) >= 11 is 6.10. The van der Waals surface area contributed by atoms with Crippen LogP contribution in [0.3, 0.4) is 0 Å². The topological polar surface area (TPSA) is 34.1 Å². The molecule has 1 aromatic carbocycles. The molecule has 0 unspecified atom stereocenters. The third-order valence-electron chi connectivity index (χ3n) is 3.02. The van der Waals surface area contributed by atoms with Crippen LogP contribution in [0.4, 0.5) is 0 Å². The third kappa shape index (κ3) is 5.03. The Labute approximate surface area is 131 Å². The highest BCUT2D eigenvalue weighted by Crippen LogP contribution is 2.22. The normalized spacial score (nSPS) is 11.4. The van der Waals surface area contributed by atoms with Crippen LogP contribution in [-0.4, -0.2) is 10.5 Å². The molecule has 0 amide bonds. The van der Waals surface area contributed by atoms with Crippen LogP contribution in [0.15, 0.2) is 42.7 Å². The van der Waals surface area contributed by atoms with Crippen LogP contribution in [0.1, 0.15) is 31.9 Å². The molecule has 2 rings (SSSR count). The van der Waals surface area contributed by atoms with Gasteiger partial charge in [0.2, 0.25) is 0 Å². The Morgan fingerprint density at radius 2 is 1.90 bits per heavy atom. The molecule has 112 valence electrons. The Morgan fingerprint density at radius 3 is 2.62 bits per heavy atom. The molecule has 0 atom stereocenters. The molecule has 0 saturated heterocycles. The number of hydrogen-bond acceptors (Lipinski definition) is 3. The molecule has 0 aliphatic carbocycles. The second kappa shape index (κ2) is 6.92. The molecule has 0 spiro atoms. The minimum absolute atomic E-state index is 0.0710. The second-order valence-corrected chi connectivity index (χ2v) is 6.37. The smallest absolute Gasteiger partial charge is 0.124 e. The molecular formula is C17H21ClN2O. The van der Waals surface area contributed by atoms with E-state index in [9.17, 15) is 0 Å². The zero-order valence-electron chi connectivity index (χ0n) is 12.7. The van der Waals surface area contributed by atoms with Gasteiger partial charge in [-0.3, -0.25) is 4.98 Å². The van der Waals surface area contributed by atoms with Crippen molar-refractivity contribution in [3.8, 4) is 5.75 Å². The van der Waals surface area contributed by atoms with Crippen LogP contribution in [0.2, 0.25) is 5.02 Å². The number of rotatable bonds is 5. The molecule has 1 aromatic heterocycles. The Morgan fingerprint density at radius 1 is 1.14 bits per heavy atom. The molecule has 0 bridgehead atoms. The molecule has 0 aliphatic rings. The standard InChI is InChI=1S/C17H21ClN2O/c1-17(2,3)20-10-13-6-4-5-7-16(13)21-12-14-8-9-19-11-15(14)18/h4-9,11,20H,10,12H2,1-3H3. The molecule has 2 aromatic rings. The van der Waals surface area contributed by atoms with Gasteiger partial charge < -0.3 is 10.1 Å². The quantitative estimate of drug-likeness (QED) is 0.899. The van der Waals surface area contributed by atoms with E-state index >= 15 is 0 Å². The first-order chi connectivity index (χ1) is 9.96. The highest BCUT2D eigenvalue weighted by molar-refractivity contribution is 6.31. The number of ether oxygens (including phenoxy) is 1. The molecule has 21 heavy (non-hydrogen) atoms. The van der Waals surface area contributed by atoms with Gasteiger partial charge in [0.05, 0.1) is 5.02 Å². The van der Waals surface area contributed by atoms with Crippen LogP contribution in [-0.2, 0) is 13.2 Å². The van der Waals surface area contributed by atoms with Crippen LogP contribution in [0.5, 0.6) is 5.75 Å². The Bertz CT molecular complexity index is 593. The maximum absolute atomic E-state index is 6.10. The number of nitrogens with one attached hydrogen (secondary N) is 1. The summed E-state index contributed by atoms with van der Waals surface area (Å²) in [5.74, 6) is 0.877. The fourth-order valence-corrected chi connectivity index (χ4v) is 2.00. The van der Waals surface area contributed by atoms with Crippen LogP contribution in [0.25, 0.3) is 0 Å². The lowest BCUT2D eigenvalue weighted by atomic mass is 10.1. The van der Waals surface area contributed by atoms with Gasteiger partial charge >= 0.3 is 0 Å². The van der Waals surface area contributed by atoms with Gasteiger partial charge in [-0.25, -0.2) is 0 Å². The van der Waals surface area contributed by atoms with E-state index in [-0.39, 0.29) is 5.54 Å². The lowest BCUT2D eigenvalue weighted by molar-refractivity contribution is 0.300. The minimum Gasteiger partial charge on any atom is -0.489 e. The van der Waals surface area contributed by atoms with Gasteiger partial charge in [-0.05, 0) is 32.9 Å². The van der Waals surface area contributed by atoms with Crippen molar-refractivity contribution in [2.24, 2.45) is 0 Å². The molecule has 0 fully saturated rings. The summed E-state index contributed by atoms with van der Waals surface area (Å²) in [6, 6.07) is 9.92. The van der Waals surface area contributed by atoms with Gasteiger partial charge in [-0.1, -0.05) is 29.8 Å². The van der Waals surface area contributed by atoms with Gasteiger partial charge in [0.1, 0.15) is 12.4 Å². The lowest BCUT2D eigenvalue weighted by Gasteiger charge is -2.21. The molecule has 1 heterocycles. The highest BCUT2D eigenvalue weighted by Gasteiger charge is 2.11. The van der Waals surface area contributed by atoms with Crippen molar-refractivity contribution in [2.45, 2.75) is 39.5 Å². The number of nitrogens with zero attached hydrogens (tertiary/aromatic N) is 1. The highest BCUT2D eigenvalue weighted by atomic mass is 35.5. The van der Waals surface area contributed by atoms with Crippen LogP contribution < -0.4 is 10.1 Å². The largest absolute Gasteiger partial charge is 0.489 e. The SMILES string of the molecule is CC(C)(C)NCc1ccccc1OCc1ccncc1Cl. The first kappa shape index (κ1) is 15.8. The first-order valence-electron chi connectivity index (χ1n) is 7.00. The molecule has 0 aliphatic heterocycles. The predicted molar refractivity (Wildman–Crippen MR) is 86.6 cm³/mol. The Hall–Kier alpha value is -1.58. The summed E-state index contributed by atoms with van der Waals surface area (Å²) in [5, 5.41) is 4.10. The van der Waals surface area contributed by atoms with Gasteiger partial charge in [0.25, 0.3) is 0 Å². The van der Waals surface area contributed by atoms with Crippen molar-refractivity contribution in [3.63, 3.8) is 0 Å². The number of para-hydroxylation sites is 1. The molecule has 3 nitrogen and oxygen atoms in total. The van der Waals surface area contributed by atoms with Gasteiger partial charge in [0.15, 0.2) is 0 Å². The predicted octanol–water partition coefficient (Wildman–Crippen LogP) is 4.20. The van der Waals surface area contributed by atoms with Crippen molar-refractivity contribution in [2.75, 3.05) is 0 Å². The summed E-state index contributed by atoms with van der Waals surface area (Å²) in [6.07, 6.45) is 3.35. The van der Waals surface area contributed by atoms with Gasteiger partial charge in [-0.2, -0.15) is 0 Å². The maximum Gasteiger partial charge on any atom is 0.124 e. The minimum atomic E-state index is 0.0710. The number of benzene rings is 1. The van der Waals surface area contributed by atoms with Crippen molar-refractivity contribution in [3.05, 3.63) is 58.9 Å². The average Bonchev–Trinajstić information content (AvgIpc) is 2.44. The first-order valence-corrected chi connectivity index (χ1v) is 7.37. The molecule has 4 heteroatoms. The number of aromatic nitrogens is 1. The van der Waals surface area contributed by atoms with Gasteiger partial charge in [0, 0.05) is 35.6 Å². The number of hydrogen-bond donors (Lipinski definition) is 1. The summed E-state index contributed by atoms with van der Waals surface area (Å²) in [7, 11) is 0. The van der Waals surface area contributed by atoms with E-state index in [4.69, 9.17) is 16.3 Å². The summed E-state index contributed by atoms with van der Waals surface area (Å²) in [4.78, 5) is 3.98. The number of halogens is 1. The van der Waals surface area contributed by atoms with Crippen molar-refractivity contribution < 1.29 is 4.74 Å². The monoisotopic (exact) mass is 304 g/mol. The summed E-state index contributed by atoms with van der Waals surface area (Å²) in [6.45, 7) is 7.64. The Kier molecular flexibility index (Phi) is 5.21. The fourth-order valence-electron chi connectivity index (χ4n) is 1.83. The summed E-state index contributed by atoms with van der Waals surface area (Å²) in [5.41, 5.74) is 2.14. The average molecular weight is 305 g/mol. The van der Waals surface area contributed by atoms with E-state index in [0.29, 0.717) is 11.6 Å². The Balaban J connectivity index is 2.05. The molecule has 1 N–H and O–H groups in total. The zero-order chi connectivity index (χ0) is 15.3. The van der Waals surface area contributed by atoms with E-state index in [1.54, 1.807) is 12.4 Å². The van der Waals surface area contributed by atoms with Crippen molar-refractivity contribution in [1.29, 1.82) is 0 Å². The van der Waals surface area contributed by atoms with Crippen molar-refractivity contribution in [1.82, 2.24) is 10.3 Å². The lowest BCUT2D eigenvalue weighted by Crippen LogP contribution is -2.35. The van der Waals surface area contributed by atoms with E-state index in [1.807, 2.05) is 24.3 Å². The van der Waals surface area contributed by atoms with Crippen LogP contribution >= 0.6 is 11.6 Å². The fraction of sp³-hybridized carbons (Fsp3) is 0.353. The maximum atomic E-state index is 6.10. The van der Waals surface area contributed by atoms with Crippen LogP contribution in [0, 0.1) is 0 Å². The zero-order valence-corrected chi connectivity index (χ0v) is 13.4. The molecule has 0 saturated carbocycles. The number of pyridine rings is 1. The van der Waals surface area contributed by atoms with E-state index in [0.717, 1.165) is 23.4 Å². The van der Waals surface area contributed by atoms with E-state index in [2.05, 4.69) is 37.1 Å². The van der Waals surface area contributed by atoms with E-state index in [1.165, 1.54) is 0 Å². The third-order valence-corrected chi connectivity index (χ3v) is 3.36. The molecular weight excluding hydrogens is 284 g/mol. The van der Waals surface area contributed by atoms with E-state index < -0.39 is 0 Å².